The van der Waals surface area contributed by atoms with Gasteiger partial charge in [0.15, 0.2) is 0 Å². The molecule has 9 heteroatoms. The molecule has 1 amide bonds. The quantitative estimate of drug-likeness (QED) is 0.363. The molecule has 3 N–H and O–H groups in total. The summed E-state index contributed by atoms with van der Waals surface area (Å²) in [7, 11) is 0. The number of benzene rings is 1. The van der Waals surface area contributed by atoms with Crippen LogP contribution in [0.4, 0.5) is 10.1 Å². The molecule has 1 aromatic carbocycles. The first kappa shape index (κ1) is 14.2. The van der Waals surface area contributed by atoms with Crippen LogP contribution in [0.5, 0.6) is 0 Å². The molecule has 100 valence electrons. The van der Waals surface area contributed by atoms with Crippen molar-refractivity contribution < 1.29 is 14.1 Å². The topological polar surface area (TPSA) is 126 Å². The summed E-state index contributed by atoms with van der Waals surface area (Å²) in [4.78, 5) is 21.0. The van der Waals surface area contributed by atoms with Crippen LogP contribution in [0.1, 0.15) is 12.5 Å². The van der Waals surface area contributed by atoms with Crippen molar-refractivity contribution in [3.63, 3.8) is 0 Å². The van der Waals surface area contributed by atoms with E-state index in [9.17, 15) is 19.3 Å². The maximum Gasteiger partial charge on any atom is 0.281 e. The maximum absolute atomic E-state index is 13.5. The SMILES string of the molecule is CC(=O)N(/N=C/c1c(F)cccc1[N+](=O)[O-])C(=N)N. The van der Waals surface area contributed by atoms with E-state index in [4.69, 9.17) is 11.1 Å². The summed E-state index contributed by atoms with van der Waals surface area (Å²) < 4.78 is 13.5. The first-order chi connectivity index (χ1) is 8.84. The van der Waals surface area contributed by atoms with Gasteiger partial charge in [-0.25, -0.2) is 4.39 Å². The van der Waals surface area contributed by atoms with Gasteiger partial charge in [0.2, 0.25) is 11.9 Å². The van der Waals surface area contributed by atoms with Crippen LogP contribution >= 0.6 is 0 Å². The van der Waals surface area contributed by atoms with Crippen LogP contribution in [0.2, 0.25) is 0 Å². The maximum atomic E-state index is 13.5. The zero-order valence-corrected chi connectivity index (χ0v) is 9.83. The van der Waals surface area contributed by atoms with Crippen molar-refractivity contribution in [1.82, 2.24) is 5.01 Å². The van der Waals surface area contributed by atoms with Gasteiger partial charge >= 0.3 is 0 Å². The number of amides is 1. The average Bonchev–Trinajstić information content (AvgIpc) is 2.29. The van der Waals surface area contributed by atoms with Gasteiger partial charge in [0, 0.05) is 13.0 Å². The van der Waals surface area contributed by atoms with Crippen molar-refractivity contribution in [2.45, 2.75) is 6.92 Å². The second kappa shape index (κ2) is 5.67. The molecule has 0 aliphatic heterocycles. The fourth-order valence-corrected chi connectivity index (χ4v) is 1.24. The van der Waals surface area contributed by atoms with Crippen molar-refractivity contribution in [1.29, 1.82) is 5.41 Å². The minimum Gasteiger partial charge on any atom is -0.368 e. The van der Waals surface area contributed by atoms with E-state index < -0.39 is 33.9 Å². The van der Waals surface area contributed by atoms with Crippen LogP contribution in [0.3, 0.4) is 0 Å². The van der Waals surface area contributed by atoms with Crippen LogP contribution in [0, 0.1) is 21.3 Å². The number of nitrogens with one attached hydrogen (secondary N) is 1. The Morgan fingerprint density at radius 3 is 2.74 bits per heavy atom. The standard InChI is InChI=1S/C10H10FN5O3/c1-6(17)15(10(12)13)14-5-7-8(11)3-2-4-9(7)16(18)19/h2-5H,1H3,(H3,12,13)/b14-5+. The van der Waals surface area contributed by atoms with Gasteiger partial charge in [0.05, 0.1) is 11.1 Å². The Balaban J connectivity index is 3.21. The summed E-state index contributed by atoms with van der Waals surface area (Å²) in [5, 5.41) is 21.7. The number of carbonyl (C=O) groups is 1. The number of nitro benzene ring substituents is 1. The number of nitrogens with zero attached hydrogens (tertiary/aromatic N) is 3. The summed E-state index contributed by atoms with van der Waals surface area (Å²) in [6.07, 6.45) is 0.774. The molecule has 0 unspecified atom stereocenters. The van der Waals surface area contributed by atoms with Crippen LogP contribution in [0.15, 0.2) is 23.3 Å². The minimum absolute atomic E-state index is 0.403. The van der Waals surface area contributed by atoms with Gasteiger partial charge in [0.1, 0.15) is 11.4 Å². The predicted octanol–water partition coefficient (Wildman–Crippen LogP) is 0.810. The Morgan fingerprint density at radius 1 is 1.63 bits per heavy atom. The molecule has 1 aromatic rings. The summed E-state index contributed by atoms with van der Waals surface area (Å²) >= 11 is 0. The molecule has 0 aliphatic rings. The average molecular weight is 267 g/mol. The van der Waals surface area contributed by atoms with Crippen molar-refractivity contribution in [2.75, 3.05) is 0 Å². The van der Waals surface area contributed by atoms with E-state index in [1.807, 2.05) is 0 Å². The van der Waals surface area contributed by atoms with E-state index in [-0.39, 0.29) is 0 Å². The molecular weight excluding hydrogens is 257 g/mol. The third-order valence-corrected chi connectivity index (χ3v) is 2.06. The first-order valence-corrected chi connectivity index (χ1v) is 4.96. The number of carbonyl (C=O) groups excluding carboxylic acids is 1. The minimum atomic E-state index is -0.870. The van der Waals surface area contributed by atoms with Crippen LogP contribution in [-0.2, 0) is 4.79 Å². The van der Waals surface area contributed by atoms with Crippen molar-refractivity contribution in [3.8, 4) is 0 Å². The summed E-state index contributed by atoms with van der Waals surface area (Å²) in [6.45, 7) is 1.09. The van der Waals surface area contributed by atoms with Gasteiger partial charge in [-0.1, -0.05) is 6.07 Å². The Bertz CT molecular complexity index is 558. The fraction of sp³-hybridized carbons (Fsp3) is 0.100. The molecular formula is C10H10FN5O3. The van der Waals surface area contributed by atoms with E-state index >= 15 is 0 Å². The van der Waals surface area contributed by atoms with E-state index in [1.54, 1.807) is 0 Å². The lowest BCUT2D eigenvalue weighted by molar-refractivity contribution is -0.385. The number of hydrazone groups is 1. The number of nitro groups is 1. The fourth-order valence-electron chi connectivity index (χ4n) is 1.24. The zero-order chi connectivity index (χ0) is 14.6. The smallest absolute Gasteiger partial charge is 0.281 e. The molecule has 0 saturated carbocycles. The lowest BCUT2D eigenvalue weighted by Crippen LogP contribution is -2.35. The Morgan fingerprint density at radius 2 is 2.26 bits per heavy atom. The largest absolute Gasteiger partial charge is 0.368 e. The van der Waals surface area contributed by atoms with Gasteiger partial charge in [-0.2, -0.15) is 10.1 Å². The number of nitrogens with two attached hydrogens (primary N) is 1. The van der Waals surface area contributed by atoms with Gasteiger partial charge in [-0.15, -0.1) is 0 Å². The lowest BCUT2D eigenvalue weighted by atomic mass is 10.2. The molecule has 0 spiro atoms. The van der Waals surface area contributed by atoms with E-state index in [0.717, 1.165) is 25.3 Å². The highest BCUT2D eigenvalue weighted by atomic mass is 19.1. The molecule has 0 bridgehead atoms. The molecule has 0 atom stereocenters. The molecule has 1 rings (SSSR count). The highest BCUT2D eigenvalue weighted by Crippen LogP contribution is 2.19. The highest BCUT2D eigenvalue weighted by molar-refractivity contribution is 5.95. The van der Waals surface area contributed by atoms with Gasteiger partial charge in [0.25, 0.3) is 5.69 Å². The third kappa shape index (κ3) is 3.31. The van der Waals surface area contributed by atoms with E-state index in [1.165, 1.54) is 6.07 Å². The van der Waals surface area contributed by atoms with Gasteiger partial charge in [-0.3, -0.25) is 20.3 Å². The molecule has 0 aromatic heterocycles. The molecule has 8 nitrogen and oxygen atoms in total. The van der Waals surface area contributed by atoms with Gasteiger partial charge in [-0.05, 0) is 6.07 Å². The van der Waals surface area contributed by atoms with Crippen LogP contribution < -0.4 is 5.73 Å². The summed E-state index contributed by atoms with van der Waals surface area (Å²) in [5.74, 6) is -2.23. The molecule has 0 fully saturated rings. The van der Waals surface area contributed by atoms with Crippen molar-refractivity contribution in [2.24, 2.45) is 10.8 Å². The monoisotopic (exact) mass is 267 g/mol. The Labute approximate surface area is 107 Å². The number of rotatable bonds is 3. The number of guanidine groups is 1. The summed E-state index contributed by atoms with van der Waals surface area (Å²) in [5.41, 5.74) is 4.18. The molecule has 19 heavy (non-hydrogen) atoms. The number of hydrogen-bond acceptors (Lipinski definition) is 5. The normalized spacial score (nSPS) is 10.4. The van der Waals surface area contributed by atoms with Crippen LogP contribution in [-0.4, -0.2) is 28.0 Å². The lowest BCUT2D eigenvalue weighted by Gasteiger charge is -2.11. The summed E-state index contributed by atoms with van der Waals surface area (Å²) in [6, 6.07) is 3.29. The van der Waals surface area contributed by atoms with Crippen molar-refractivity contribution >= 4 is 23.8 Å². The van der Waals surface area contributed by atoms with Crippen LogP contribution in [0.25, 0.3) is 0 Å². The Hall–Kier alpha value is -2.84. The highest BCUT2D eigenvalue weighted by Gasteiger charge is 2.17. The zero-order valence-electron chi connectivity index (χ0n) is 9.83. The number of hydrogen-bond donors (Lipinski definition) is 2. The van der Waals surface area contributed by atoms with Crippen molar-refractivity contribution in [3.05, 3.63) is 39.7 Å². The van der Waals surface area contributed by atoms with E-state index in [0.29, 0.717) is 5.01 Å². The molecule has 0 saturated heterocycles. The second-order valence-electron chi connectivity index (χ2n) is 3.39. The Kier molecular flexibility index (Phi) is 4.24. The van der Waals surface area contributed by atoms with Gasteiger partial charge < -0.3 is 5.73 Å². The predicted molar refractivity (Wildman–Crippen MR) is 65.1 cm³/mol. The number of halogens is 1. The molecule has 0 aliphatic carbocycles. The third-order valence-electron chi connectivity index (χ3n) is 2.06. The molecule has 0 heterocycles. The second-order valence-corrected chi connectivity index (χ2v) is 3.39. The first-order valence-electron chi connectivity index (χ1n) is 4.96. The van der Waals surface area contributed by atoms with E-state index in [2.05, 4.69) is 5.10 Å². The molecule has 0 radical (unpaired) electrons.